The van der Waals surface area contributed by atoms with Gasteiger partial charge in [-0.3, -0.25) is 37.3 Å². The van der Waals surface area contributed by atoms with Gasteiger partial charge in [-0.05, 0) is 69.1 Å². The summed E-state index contributed by atoms with van der Waals surface area (Å²) in [7, 11) is -9.91. The Kier molecular flexibility index (Phi) is 57.9. The van der Waals surface area contributed by atoms with Crippen LogP contribution in [0.25, 0.3) is 0 Å². The second kappa shape index (κ2) is 59.5. The number of unbranched alkanes of at least 4 members (excludes halogenated alkanes) is 29. The number of hydrogen-bond acceptors (Lipinski definition) is 15. The largest absolute Gasteiger partial charge is 0.472 e. The fourth-order valence-corrected chi connectivity index (χ4v) is 11.4. The smallest absolute Gasteiger partial charge is 0.462 e. The summed E-state index contributed by atoms with van der Waals surface area (Å²) in [6, 6.07) is 0. The standard InChI is InChI=1S/C69H130O17P2/c1-8-10-11-12-13-14-15-16-17-18-19-23-28-38-45-52-68(73)85-64(56-79-66(71)50-43-36-30-25-26-33-40-47-60(3)4)58-83-87(75,76)81-54-63(70)55-82-88(77,78)84-59-65(57-80-67(72)51-44-37-32-31-34-41-48-61(5)6)86-69(74)53-46-39-29-24-21-20-22-27-35-42-49-62(7)9-2/h14-17,60-65,70H,8-13,18-59H2,1-7H3,(H,75,76)(H,77,78)/b15-14-,17-16-/t62?,63?,64-,65-/m1/s1. The minimum Gasteiger partial charge on any atom is -0.462 e. The first kappa shape index (κ1) is 85.5. The number of phosphoric acid groups is 2. The fourth-order valence-electron chi connectivity index (χ4n) is 9.79. The molecule has 0 aliphatic rings. The Morgan fingerprint density at radius 3 is 1.01 bits per heavy atom. The average molecular weight is 1290 g/mol. The molecule has 0 saturated carbocycles. The van der Waals surface area contributed by atoms with Crippen LogP contribution in [-0.2, 0) is 65.4 Å². The molecule has 0 aromatic rings. The van der Waals surface area contributed by atoms with Gasteiger partial charge in [0.05, 0.1) is 26.4 Å². The van der Waals surface area contributed by atoms with E-state index in [9.17, 15) is 43.2 Å². The number of allylic oxidation sites excluding steroid dienone is 4. The summed E-state index contributed by atoms with van der Waals surface area (Å²) in [5.41, 5.74) is 0. The van der Waals surface area contributed by atoms with Gasteiger partial charge >= 0.3 is 39.5 Å². The lowest BCUT2D eigenvalue weighted by Gasteiger charge is -2.21. The Morgan fingerprint density at radius 1 is 0.375 bits per heavy atom. The molecule has 0 rings (SSSR count). The minimum absolute atomic E-state index is 0.0836. The third-order valence-corrected chi connectivity index (χ3v) is 17.5. The van der Waals surface area contributed by atoms with E-state index in [1.54, 1.807) is 0 Å². The van der Waals surface area contributed by atoms with Gasteiger partial charge in [-0.25, -0.2) is 9.13 Å². The number of carbonyl (C=O) groups excluding carboxylic acids is 4. The van der Waals surface area contributed by atoms with Crippen LogP contribution in [0.4, 0.5) is 0 Å². The molecular weight excluding hydrogens is 1160 g/mol. The minimum atomic E-state index is -4.96. The van der Waals surface area contributed by atoms with Crippen molar-refractivity contribution in [2.45, 2.75) is 336 Å². The van der Waals surface area contributed by atoms with Crippen LogP contribution in [0.15, 0.2) is 24.3 Å². The maximum Gasteiger partial charge on any atom is 0.472 e. The van der Waals surface area contributed by atoms with Crippen LogP contribution >= 0.6 is 15.6 Å². The first-order valence-corrected chi connectivity index (χ1v) is 38.2. The van der Waals surface area contributed by atoms with Gasteiger partial charge in [-0.15, -0.1) is 0 Å². The highest BCUT2D eigenvalue weighted by Crippen LogP contribution is 2.45. The first-order chi connectivity index (χ1) is 42.3. The Balaban J connectivity index is 5.28. The van der Waals surface area contributed by atoms with E-state index >= 15 is 0 Å². The van der Waals surface area contributed by atoms with Gasteiger partial charge in [0.25, 0.3) is 0 Å². The van der Waals surface area contributed by atoms with Crippen molar-refractivity contribution in [3.63, 3.8) is 0 Å². The van der Waals surface area contributed by atoms with Gasteiger partial charge in [0.2, 0.25) is 0 Å². The van der Waals surface area contributed by atoms with Crippen molar-refractivity contribution >= 4 is 39.5 Å². The normalized spacial score (nSPS) is 14.7. The first-order valence-electron chi connectivity index (χ1n) is 35.2. The molecule has 3 N–H and O–H groups in total. The third kappa shape index (κ3) is 61.1. The lowest BCUT2D eigenvalue weighted by Crippen LogP contribution is -2.30. The maximum atomic E-state index is 13.0. The van der Waals surface area contributed by atoms with E-state index in [1.165, 1.54) is 103 Å². The Morgan fingerprint density at radius 2 is 0.670 bits per heavy atom. The van der Waals surface area contributed by atoms with Gasteiger partial charge in [-0.1, -0.05) is 265 Å². The van der Waals surface area contributed by atoms with Crippen molar-refractivity contribution in [2.75, 3.05) is 39.6 Å². The highest BCUT2D eigenvalue weighted by Gasteiger charge is 2.30. The highest BCUT2D eigenvalue weighted by molar-refractivity contribution is 7.47. The van der Waals surface area contributed by atoms with Gasteiger partial charge in [0, 0.05) is 25.7 Å². The van der Waals surface area contributed by atoms with E-state index in [2.05, 4.69) is 72.8 Å². The molecule has 0 aliphatic heterocycles. The summed E-state index contributed by atoms with van der Waals surface area (Å²) in [4.78, 5) is 72.4. The predicted molar refractivity (Wildman–Crippen MR) is 354 cm³/mol. The topological polar surface area (TPSA) is 237 Å². The lowest BCUT2D eigenvalue weighted by molar-refractivity contribution is -0.161. The SMILES string of the molecule is CCCCCC/C=C\C=C/CCCCCCCC(=O)O[C@H](COC(=O)CCCCCCCCCC(C)C)COP(=O)(O)OCC(O)COP(=O)(O)OC[C@@H](COC(=O)CCCCCCCCC(C)C)OC(=O)CCCCCCCCCCCCC(C)CC. The highest BCUT2D eigenvalue weighted by atomic mass is 31.2. The maximum absolute atomic E-state index is 13.0. The number of ether oxygens (including phenoxy) is 4. The summed E-state index contributed by atoms with van der Waals surface area (Å²) < 4.78 is 68.1. The van der Waals surface area contributed by atoms with Crippen molar-refractivity contribution in [2.24, 2.45) is 17.8 Å². The number of esters is 4. The van der Waals surface area contributed by atoms with E-state index in [-0.39, 0.29) is 25.7 Å². The second-order valence-corrected chi connectivity index (χ2v) is 28.3. The monoisotopic (exact) mass is 1290 g/mol. The van der Waals surface area contributed by atoms with Gasteiger partial charge in [0.1, 0.15) is 19.3 Å². The summed E-state index contributed by atoms with van der Waals surface area (Å²) in [6.07, 6.45) is 45.4. The molecule has 17 nitrogen and oxygen atoms in total. The average Bonchev–Trinajstić information content (AvgIpc) is 3.65. The molecule has 0 amide bonds. The molecule has 0 radical (unpaired) electrons. The molecule has 88 heavy (non-hydrogen) atoms. The molecule has 4 unspecified atom stereocenters. The van der Waals surface area contributed by atoms with E-state index in [1.807, 2.05) is 0 Å². The molecule has 19 heteroatoms. The number of aliphatic hydroxyl groups excluding tert-OH is 1. The zero-order valence-electron chi connectivity index (χ0n) is 56.7. The van der Waals surface area contributed by atoms with E-state index in [4.69, 9.17) is 37.0 Å². The van der Waals surface area contributed by atoms with Crippen molar-refractivity contribution in [1.29, 1.82) is 0 Å². The van der Waals surface area contributed by atoms with Gasteiger partial charge in [-0.2, -0.15) is 0 Å². The molecule has 0 fully saturated rings. The van der Waals surface area contributed by atoms with Crippen LogP contribution in [0.5, 0.6) is 0 Å². The fraction of sp³-hybridized carbons (Fsp3) is 0.884. The molecule has 0 aromatic carbocycles. The number of aliphatic hydroxyl groups is 1. The Labute approximate surface area is 535 Å². The number of phosphoric ester groups is 2. The number of hydrogen-bond donors (Lipinski definition) is 3. The van der Waals surface area contributed by atoms with Crippen molar-refractivity contribution in [1.82, 2.24) is 0 Å². The van der Waals surface area contributed by atoms with Crippen LogP contribution in [0.2, 0.25) is 0 Å². The zero-order valence-corrected chi connectivity index (χ0v) is 58.5. The quantitative estimate of drug-likeness (QED) is 0.0169. The molecule has 6 atom stereocenters. The molecule has 0 spiro atoms. The zero-order chi connectivity index (χ0) is 65.2. The van der Waals surface area contributed by atoms with Crippen molar-refractivity contribution in [3.05, 3.63) is 24.3 Å². The van der Waals surface area contributed by atoms with E-state index in [0.29, 0.717) is 37.5 Å². The lowest BCUT2D eigenvalue weighted by atomic mass is 9.99. The van der Waals surface area contributed by atoms with Crippen molar-refractivity contribution in [3.8, 4) is 0 Å². The van der Waals surface area contributed by atoms with E-state index < -0.39 is 97.5 Å². The van der Waals surface area contributed by atoms with Crippen LogP contribution < -0.4 is 0 Å². The van der Waals surface area contributed by atoms with Crippen LogP contribution in [-0.4, -0.2) is 96.7 Å². The third-order valence-electron chi connectivity index (χ3n) is 15.6. The molecular formula is C69H130O17P2. The number of carbonyl (C=O) groups is 4. The molecule has 0 aliphatic carbocycles. The molecule has 0 heterocycles. The van der Waals surface area contributed by atoms with Crippen LogP contribution in [0.3, 0.4) is 0 Å². The van der Waals surface area contributed by atoms with Crippen molar-refractivity contribution < 1.29 is 80.2 Å². The van der Waals surface area contributed by atoms with Gasteiger partial charge < -0.3 is 33.8 Å². The Bertz CT molecular complexity index is 1830. The summed E-state index contributed by atoms with van der Waals surface area (Å²) in [6.45, 7) is 11.6. The van der Waals surface area contributed by atoms with Crippen LogP contribution in [0, 0.1) is 17.8 Å². The molecule has 0 bridgehead atoms. The van der Waals surface area contributed by atoms with E-state index in [0.717, 1.165) is 121 Å². The summed E-state index contributed by atoms with van der Waals surface area (Å²) in [5, 5.41) is 10.6. The summed E-state index contributed by atoms with van der Waals surface area (Å²) in [5.74, 6) is 0.0189. The Hall–Kier alpha value is -2.46. The molecule has 0 saturated heterocycles. The van der Waals surface area contributed by atoms with Crippen LogP contribution in [0.1, 0.15) is 318 Å². The van der Waals surface area contributed by atoms with Gasteiger partial charge in [0.15, 0.2) is 12.2 Å². The number of rotatable bonds is 65. The molecule has 0 aromatic heterocycles. The second-order valence-electron chi connectivity index (χ2n) is 25.4. The predicted octanol–water partition coefficient (Wildman–Crippen LogP) is 19.0. The summed E-state index contributed by atoms with van der Waals surface area (Å²) >= 11 is 0. The molecule has 518 valence electrons.